The van der Waals surface area contributed by atoms with Crippen LogP contribution < -0.4 is 10.5 Å². The number of hydrogen-bond acceptors (Lipinski definition) is 4. The van der Waals surface area contributed by atoms with Crippen molar-refractivity contribution >= 4 is 5.91 Å². The largest absolute Gasteiger partial charge is 0.494 e. The van der Waals surface area contributed by atoms with Gasteiger partial charge in [-0.3, -0.25) is 9.69 Å². The lowest BCUT2D eigenvalue weighted by Gasteiger charge is -2.35. The van der Waals surface area contributed by atoms with E-state index in [-0.39, 0.29) is 11.9 Å². The van der Waals surface area contributed by atoms with Crippen LogP contribution in [0, 0.1) is 0 Å². The van der Waals surface area contributed by atoms with Crippen LogP contribution in [0.4, 0.5) is 0 Å². The van der Waals surface area contributed by atoms with Gasteiger partial charge in [0, 0.05) is 18.7 Å². The standard InChI is InChI=1S/C21H26N2O3/c1-3-26-20-9-8-15(14(2)24)10-18(20)13-23-12-17-7-5-4-6-16(17)11-19(23)21(22)25/h4-10,14,19,24H,3,11-13H2,1-2H3,(H2,22,25)/t14-,19-/m1/s1. The number of benzene rings is 2. The van der Waals surface area contributed by atoms with E-state index in [0.717, 1.165) is 16.9 Å². The molecule has 1 aliphatic heterocycles. The van der Waals surface area contributed by atoms with Gasteiger partial charge in [-0.05, 0) is 49.1 Å². The Balaban J connectivity index is 1.93. The molecule has 0 bridgehead atoms. The lowest BCUT2D eigenvalue weighted by Crippen LogP contribution is -2.48. The molecule has 1 amide bonds. The third-order valence-corrected chi connectivity index (χ3v) is 4.91. The number of nitrogens with zero attached hydrogens (tertiary/aromatic N) is 1. The number of amides is 1. The van der Waals surface area contributed by atoms with E-state index < -0.39 is 6.10 Å². The van der Waals surface area contributed by atoms with Crippen molar-refractivity contribution in [3.8, 4) is 5.75 Å². The molecule has 0 aromatic heterocycles. The van der Waals surface area contributed by atoms with Crippen LogP contribution in [-0.2, 0) is 24.3 Å². The van der Waals surface area contributed by atoms with Crippen LogP contribution in [0.2, 0.25) is 0 Å². The number of carbonyl (C=O) groups excluding carboxylic acids is 1. The summed E-state index contributed by atoms with van der Waals surface area (Å²) < 4.78 is 5.75. The molecule has 2 aromatic carbocycles. The van der Waals surface area contributed by atoms with Crippen LogP contribution in [0.5, 0.6) is 5.75 Å². The highest BCUT2D eigenvalue weighted by Crippen LogP contribution is 2.29. The minimum atomic E-state index is -0.557. The van der Waals surface area contributed by atoms with Gasteiger partial charge in [-0.25, -0.2) is 0 Å². The molecule has 0 spiro atoms. The normalized spacial score (nSPS) is 18.2. The molecule has 0 fully saturated rings. The number of fused-ring (bicyclic) bond motifs is 1. The van der Waals surface area contributed by atoms with Gasteiger partial charge in [0.15, 0.2) is 0 Å². The maximum Gasteiger partial charge on any atom is 0.235 e. The number of carbonyl (C=O) groups is 1. The highest BCUT2D eigenvalue weighted by molar-refractivity contribution is 5.80. The van der Waals surface area contributed by atoms with Gasteiger partial charge in [-0.2, -0.15) is 0 Å². The van der Waals surface area contributed by atoms with Crippen LogP contribution in [0.15, 0.2) is 42.5 Å². The van der Waals surface area contributed by atoms with Crippen molar-refractivity contribution in [2.45, 2.75) is 45.5 Å². The topological polar surface area (TPSA) is 75.8 Å². The molecule has 5 nitrogen and oxygen atoms in total. The molecule has 26 heavy (non-hydrogen) atoms. The van der Waals surface area contributed by atoms with Crippen LogP contribution in [-0.4, -0.2) is 28.6 Å². The Morgan fingerprint density at radius 3 is 2.69 bits per heavy atom. The molecule has 3 rings (SSSR count). The van der Waals surface area contributed by atoms with Crippen molar-refractivity contribution in [1.82, 2.24) is 4.90 Å². The fourth-order valence-corrected chi connectivity index (χ4v) is 3.52. The number of rotatable bonds is 6. The van der Waals surface area contributed by atoms with Crippen molar-refractivity contribution < 1.29 is 14.6 Å². The first-order valence-corrected chi connectivity index (χ1v) is 9.03. The second-order valence-electron chi connectivity index (χ2n) is 6.77. The van der Waals surface area contributed by atoms with Gasteiger partial charge in [0.25, 0.3) is 0 Å². The predicted octanol–water partition coefficient (Wildman–Crippen LogP) is 2.55. The Morgan fingerprint density at radius 1 is 1.31 bits per heavy atom. The van der Waals surface area contributed by atoms with E-state index in [1.165, 1.54) is 11.1 Å². The average molecular weight is 354 g/mol. The number of aliphatic hydroxyl groups is 1. The first kappa shape index (κ1) is 18.4. The zero-order chi connectivity index (χ0) is 18.7. The zero-order valence-electron chi connectivity index (χ0n) is 15.3. The summed E-state index contributed by atoms with van der Waals surface area (Å²) in [5, 5.41) is 9.92. The van der Waals surface area contributed by atoms with Gasteiger partial charge in [0.1, 0.15) is 5.75 Å². The highest BCUT2D eigenvalue weighted by Gasteiger charge is 2.30. The number of nitrogens with two attached hydrogens (primary N) is 1. The fourth-order valence-electron chi connectivity index (χ4n) is 3.52. The molecule has 0 aliphatic carbocycles. The molecule has 1 aliphatic rings. The Labute approximate surface area is 154 Å². The first-order valence-electron chi connectivity index (χ1n) is 9.03. The molecule has 0 saturated heterocycles. The summed E-state index contributed by atoms with van der Waals surface area (Å²) in [7, 11) is 0. The van der Waals surface area contributed by atoms with Gasteiger partial charge >= 0.3 is 0 Å². The minimum Gasteiger partial charge on any atom is -0.494 e. The van der Waals surface area contributed by atoms with Crippen molar-refractivity contribution in [2.24, 2.45) is 5.73 Å². The summed E-state index contributed by atoms with van der Waals surface area (Å²) in [6, 6.07) is 13.5. The molecule has 5 heteroatoms. The second kappa shape index (κ2) is 7.89. The maximum atomic E-state index is 12.1. The predicted molar refractivity (Wildman–Crippen MR) is 101 cm³/mol. The van der Waals surface area contributed by atoms with Gasteiger partial charge < -0.3 is 15.6 Å². The number of ether oxygens (including phenoxy) is 1. The molecule has 2 aromatic rings. The van der Waals surface area contributed by atoms with Gasteiger partial charge in [-0.15, -0.1) is 0 Å². The summed E-state index contributed by atoms with van der Waals surface area (Å²) in [6.45, 7) is 5.44. The molecule has 3 N–H and O–H groups in total. The number of hydrogen-bond donors (Lipinski definition) is 2. The number of aliphatic hydroxyl groups excluding tert-OH is 1. The second-order valence-corrected chi connectivity index (χ2v) is 6.77. The Morgan fingerprint density at radius 2 is 2.04 bits per heavy atom. The summed E-state index contributed by atoms with van der Waals surface area (Å²) in [6.07, 6.45) is 0.0596. The van der Waals surface area contributed by atoms with Crippen molar-refractivity contribution in [2.75, 3.05) is 6.61 Å². The third-order valence-electron chi connectivity index (χ3n) is 4.91. The quantitative estimate of drug-likeness (QED) is 0.836. The highest BCUT2D eigenvalue weighted by atomic mass is 16.5. The molecule has 2 atom stereocenters. The van der Waals surface area contributed by atoms with Gasteiger partial charge in [0.2, 0.25) is 5.91 Å². The first-order chi connectivity index (χ1) is 12.5. The van der Waals surface area contributed by atoms with E-state index in [2.05, 4.69) is 17.0 Å². The molecule has 138 valence electrons. The third kappa shape index (κ3) is 3.89. The Kier molecular flexibility index (Phi) is 5.59. The van der Waals surface area contributed by atoms with E-state index in [9.17, 15) is 9.90 Å². The van der Waals surface area contributed by atoms with Crippen LogP contribution in [0.1, 0.15) is 42.2 Å². The SMILES string of the molecule is CCOc1ccc([C@@H](C)O)cc1CN1Cc2ccccc2C[C@@H]1C(N)=O. The van der Waals surface area contributed by atoms with Gasteiger partial charge in [-0.1, -0.05) is 30.3 Å². The van der Waals surface area contributed by atoms with E-state index in [4.69, 9.17) is 10.5 Å². The molecule has 0 unspecified atom stereocenters. The van der Waals surface area contributed by atoms with Crippen LogP contribution in [0.25, 0.3) is 0 Å². The van der Waals surface area contributed by atoms with E-state index in [1.807, 2.05) is 37.3 Å². The van der Waals surface area contributed by atoms with Gasteiger partial charge in [0.05, 0.1) is 18.8 Å². The summed E-state index contributed by atoms with van der Waals surface area (Å²) >= 11 is 0. The van der Waals surface area contributed by atoms with Crippen LogP contribution in [0.3, 0.4) is 0 Å². The molecular formula is C21H26N2O3. The van der Waals surface area contributed by atoms with E-state index >= 15 is 0 Å². The lowest BCUT2D eigenvalue weighted by molar-refractivity contribution is -0.124. The van der Waals surface area contributed by atoms with E-state index in [0.29, 0.717) is 26.1 Å². The van der Waals surface area contributed by atoms with Crippen molar-refractivity contribution in [3.63, 3.8) is 0 Å². The van der Waals surface area contributed by atoms with Crippen molar-refractivity contribution in [1.29, 1.82) is 0 Å². The molecular weight excluding hydrogens is 328 g/mol. The molecule has 1 heterocycles. The fraction of sp³-hybridized carbons (Fsp3) is 0.381. The maximum absolute atomic E-state index is 12.1. The van der Waals surface area contributed by atoms with Crippen molar-refractivity contribution in [3.05, 3.63) is 64.7 Å². The summed E-state index contributed by atoms with van der Waals surface area (Å²) in [5.41, 5.74) is 9.87. The molecule has 0 radical (unpaired) electrons. The van der Waals surface area contributed by atoms with Crippen LogP contribution >= 0.6 is 0 Å². The minimum absolute atomic E-state index is 0.316. The van der Waals surface area contributed by atoms with E-state index in [1.54, 1.807) is 6.92 Å². The monoisotopic (exact) mass is 354 g/mol. The molecule has 0 saturated carbocycles. The zero-order valence-corrected chi connectivity index (χ0v) is 15.3. The Hall–Kier alpha value is -2.37. The Bertz CT molecular complexity index is 789. The lowest BCUT2D eigenvalue weighted by atomic mass is 9.93. The average Bonchev–Trinajstić information content (AvgIpc) is 2.62. The smallest absolute Gasteiger partial charge is 0.235 e. The summed E-state index contributed by atoms with van der Waals surface area (Å²) in [4.78, 5) is 14.2. The summed E-state index contributed by atoms with van der Waals surface area (Å²) in [5.74, 6) is 0.461. The number of primary amides is 1.